The summed E-state index contributed by atoms with van der Waals surface area (Å²) in [5.74, 6) is 0. The molecule has 0 aliphatic rings. The molecule has 7 heteroatoms. The number of rotatable bonds is 2. The number of aryl methyl sites for hydroxylation is 1. The molecule has 3 aromatic rings. The fourth-order valence-corrected chi connectivity index (χ4v) is 3.24. The SMILES string of the molecule is C/C(=N\N=c1/sc2ccccc2n1C)c1cccc(C(F)(F)F)c1. The van der Waals surface area contributed by atoms with E-state index in [4.69, 9.17) is 0 Å². The normalized spacial score (nSPS) is 13.7. The zero-order valence-electron chi connectivity index (χ0n) is 13.0. The second-order valence-electron chi connectivity index (χ2n) is 5.28. The third kappa shape index (κ3) is 3.26. The van der Waals surface area contributed by atoms with E-state index in [-0.39, 0.29) is 0 Å². The minimum Gasteiger partial charge on any atom is -0.318 e. The molecule has 1 aromatic heterocycles. The number of aromatic nitrogens is 1. The summed E-state index contributed by atoms with van der Waals surface area (Å²) in [6.45, 7) is 1.65. The van der Waals surface area contributed by atoms with E-state index in [1.54, 1.807) is 13.0 Å². The quantitative estimate of drug-likeness (QED) is 0.479. The summed E-state index contributed by atoms with van der Waals surface area (Å²) < 4.78 is 41.3. The predicted octanol–water partition coefficient (Wildman–Crippen LogP) is 4.58. The molecule has 0 fully saturated rings. The van der Waals surface area contributed by atoms with Crippen LogP contribution in [-0.2, 0) is 13.2 Å². The number of fused-ring (bicyclic) bond motifs is 1. The lowest BCUT2D eigenvalue weighted by atomic mass is 10.1. The minimum absolute atomic E-state index is 0.400. The Morgan fingerprint density at radius 1 is 1.08 bits per heavy atom. The van der Waals surface area contributed by atoms with E-state index in [0.717, 1.165) is 22.3 Å². The van der Waals surface area contributed by atoms with E-state index in [0.29, 0.717) is 16.1 Å². The number of hydrogen-bond acceptors (Lipinski definition) is 3. The van der Waals surface area contributed by atoms with Crippen molar-refractivity contribution in [2.24, 2.45) is 17.3 Å². The highest BCUT2D eigenvalue weighted by molar-refractivity contribution is 7.16. The van der Waals surface area contributed by atoms with E-state index in [2.05, 4.69) is 10.2 Å². The van der Waals surface area contributed by atoms with Crippen molar-refractivity contribution >= 4 is 27.3 Å². The molecule has 0 radical (unpaired) electrons. The molecule has 0 amide bonds. The molecule has 0 saturated heterocycles. The van der Waals surface area contributed by atoms with E-state index in [1.165, 1.54) is 17.4 Å². The van der Waals surface area contributed by atoms with Gasteiger partial charge in [0.15, 0.2) is 0 Å². The number of nitrogens with zero attached hydrogens (tertiary/aromatic N) is 3. The smallest absolute Gasteiger partial charge is 0.318 e. The number of hydrogen-bond donors (Lipinski definition) is 0. The van der Waals surface area contributed by atoms with Gasteiger partial charge in [0.2, 0.25) is 4.80 Å². The van der Waals surface area contributed by atoms with Gasteiger partial charge in [0.05, 0.1) is 21.5 Å². The van der Waals surface area contributed by atoms with Gasteiger partial charge in [-0.1, -0.05) is 35.6 Å². The maximum Gasteiger partial charge on any atom is 0.416 e. The minimum atomic E-state index is -4.37. The zero-order chi connectivity index (χ0) is 17.3. The molecule has 0 spiro atoms. The molecular weight excluding hydrogens is 335 g/mol. The van der Waals surface area contributed by atoms with E-state index >= 15 is 0 Å². The Balaban J connectivity index is 2.00. The van der Waals surface area contributed by atoms with Crippen LogP contribution in [0.2, 0.25) is 0 Å². The van der Waals surface area contributed by atoms with Crippen molar-refractivity contribution in [3.05, 3.63) is 64.5 Å². The number of benzene rings is 2. The first-order valence-corrected chi connectivity index (χ1v) is 7.98. The van der Waals surface area contributed by atoms with Gasteiger partial charge in [-0.25, -0.2) is 0 Å². The Labute approximate surface area is 140 Å². The summed E-state index contributed by atoms with van der Waals surface area (Å²) in [6, 6.07) is 12.9. The van der Waals surface area contributed by atoms with Gasteiger partial charge in [0, 0.05) is 7.05 Å². The Morgan fingerprint density at radius 3 is 2.54 bits per heavy atom. The van der Waals surface area contributed by atoms with Gasteiger partial charge in [-0.3, -0.25) is 0 Å². The highest BCUT2D eigenvalue weighted by Gasteiger charge is 2.30. The van der Waals surface area contributed by atoms with Gasteiger partial charge in [0.25, 0.3) is 0 Å². The largest absolute Gasteiger partial charge is 0.416 e. The molecule has 3 rings (SSSR count). The molecule has 24 heavy (non-hydrogen) atoms. The fourth-order valence-electron chi connectivity index (χ4n) is 2.27. The van der Waals surface area contributed by atoms with Crippen LogP contribution in [0.1, 0.15) is 18.1 Å². The van der Waals surface area contributed by atoms with Crippen molar-refractivity contribution in [3.8, 4) is 0 Å². The van der Waals surface area contributed by atoms with Crippen molar-refractivity contribution in [2.45, 2.75) is 13.1 Å². The standard InChI is InChI=1S/C17H14F3N3S/c1-11(12-6-5-7-13(10-12)17(18,19)20)21-22-16-23(2)14-8-3-4-9-15(14)24-16/h3-10H,1-2H3/b21-11+,22-16-. The number of halogens is 3. The molecule has 1 heterocycles. The highest BCUT2D eigenvalue weighted by Crippen LogP contribution is 2.29. The fraction of sp³-hybridized carbons (Fsp3) is 0.176. The van der Waals surface area contributed by atoms with Gasteiger partial charge in [-0.2, -0.15) is 18.3 Å². The van der Waals surface area contributed by atoms with Gasteiger partial charge in [0.1, 0.15) is 0 Å². The summed E-state index contributed by atoms with van der Waals surface area (Å²) in [7, 11) is 1.88. The summed E-state index contributed by atoms with van der Waals surface area (Å²) in [6.07, 6.45) is -4.37. The van der Waals surface area contributed by atoms with Crippen LogP contribution in [0, 0.1) is 0 Å². The highest BCUT2D eigenvalue weighted by atomic mass is 32.1. The molecular formula is C17H14F3N3S. The molecule has 0 aliphatic heterocycles. The van der Waals surface area contributed by atoms with Crippen LogP contribution in [-0.4, -0.2) is 10.3 Å². The maximum absolute atomic E-state index is 12.8. The van der Waals surface area contributed by atoms with Crippen LogP contribution in [0.25, 0.3) is 10.2 Å². The van der Waals surface area contributed by atoms with Crippen LogP contribution < -0.4 is 4.80 Å². The zero-order valence-corrected chi connectivity index (χ0v) is 13.8. The van der Waals surface area contributed by atoms with Crippen LogP contribution in [0.4, 0.5) is 13.2 Å². The molecule has 3 nitrogen and oxygen atoms in total. The van der Waals surface area contributed by atoms with Gasteiger partial charge < -0.3 is 4.57 Å². The molecule has 0 atom stereocenters. The first-order valence-electron chi connectivity index (χ1n) is 7.17. The average Bonchev–Trinajstić information content (AvgIpc) is 2.88. The molecule has 124 valence electrons. The summed E-state index contributed by atoms with van der Waals surface area (Å²) in [5.41, 5.74) is 1.17. The monoisotopic (exact) mass is 349 g/mol. The molecule has 0 bridgehead atoms. The van der Waals surface area contributed by atoms with Crippen LogP contribution >= 0.6 is 11.3 Å². The molecule has 0 aliphatic carbocycles. The third-order valence-electron chi connectivity index (χ3n) is 3.61. The maximum atomic E-state index is 12.8. The second kappa shape index (κ2) is 6.24. The van der Waals surface area contributed by atoms with Crippen LogP contribution in [0.5, 0.6) is 0 Å². The topological polar surface area (TPSA) is 29.6 Å². The molecule has 2 aromatic carbocycles. The van der Waals surface area contributed by atoms with Gasteiger partial charge in [-0.15, -0.1) is 5.10 Å². The Morgan fingerprint density at radius 2 is 1.83 bits per heavy atom. The lowest BCUT2D eigenvalue weighted by Gasteiger charge is -2.07. The number of para-hydroxylation sites is 1. The van der Waals surface area contributed by atoms with E-state index in [9.17, 15) is 13.2 Å². The van der Waals surface area contributed by atoms with Crippen molar-refractivity contribution in [1.82, 2.24) is 4.57 Å². The molecule has 0 unspecified atom stereocenters. The number of alkyl halides is 3. The predicted molar refractivity (Wildman–Crippen MR) is 90.0 cm³/mol. The van der Waals surface area contributed by atoms with Gasteiger partial charge >= 0.3 is 6.18 Å². The Hall–Kier alpha value is -2.41. The first kappa shape index (κ1) is 16.4. The van der Waals surface area contributed by atoms with Crippen molar-refractivity contribution in [2.75, 3.05) is 0 Å². The van der Waals surface area contributed by atoms with Crippen LogP contribution in [0.15, 0.2) is 58.7 Å². The van der Waals surface area contributed by atoms with Crippen molar-refractivity contribution in [1.29, 1.82) is 0 Å². The summed E-state index contributed by atoms with van der Waals surface area (Å²) >= 11 is 1.48. The lowest BCUT2D eigenvalue weighted by molar-refractivity contribution is -0.137. The number of thiazole rings is 1. The second-order valence-corrected chi connectivity index (χ2v) is 6.28. The molecule has 0 N–H and O–H groups in total. The van der Waals surface area contributed by atoms with E-state index in [1.807, 2.05) is 35.9 Å². The van der Waals surface area contributed by atoms with E-state index < -0.39 is 11.7 Å². The average molecular weight is 349 g/mol. The summed E-state index contributed by atoms with van der Waals surface area (Å²) in [5, 5.41) is 8.31. The van der Waals surface area contributed by atoms with Crippen molar-refractivity contribution < 1.29 is 13.2 Å². The Kier molecular flexibility index (Phi) is 4.28. The third-order valence-corrected chi connectivity index (χ3v) is 4.71. The van der Waals surface area contributed by atoms with Gasteiger partial charge in [-0.05, 0) is 36.8 Å². The lowest BCUT2D eigenvalue weighted by Crippen LogP contribution is -2.10. The Bertz CT molecular complexity index is 980. The molecule has 0 saturated carbocycles. The van der Waals surface area contributed by atoms with Crippen molar-refractivity contribution in [3.63, 3.8) is 0 Å². The van der Waals surface area contributed by atoms with Crippen LogP contribution in [0.3, 0.4) is 0 Å². The summed E-state index contributed by atoms with van der Waals surface area (Å²) in [4.78, 5) is 0.683. The first-order chi connectivity index (χ1) is 11.4.